The van der Waals surface area contributed by atoms with E-state index in [1.54, 1.807) is 6.20 Å². The van der Waals surface area contributed by atoms with E-state index < -0.39 is 6.09 Å². The van der Waals surface area contributed by atoms with E-state index in [-0.39, 0.29) is 11.8 Å². The summed E-state index contributed by atoms with van der Waals surface area (Å²) in [6, 6.07) is 0. The Morgan fingerprint density at radius 1 is 1.79 bits per heavy atom. The molecule has 1 aromatic heterocycles. The zero-order valence-corrected chi connectivity index (χ0v) is 8.03. The molecule has 0 aromatic carbocycles. The molecule has 1 aromatic rings. The van der Waals surface area contributed by atoms with Gasteiger partial charge in [-0.25, -0.2) is 14.7 Å². The van der Waals surface area contributed by atoms with Crippen LogP contribution in [0, 0.1) is 5.92 Å². The van der Waals surface area contributed by atoms with E-state index in [9.17, 15) is 9.59 Å². The van der Waals surface area contributed by atoms with Crippen LogP contribution in [0.5, 0.6) is 0 Å². The lowest BCUT2D eigenvalue weighted by atomic mass is 9.96. The Kier molecular flexibility index (Phi) is 2.20. The van der Waals surface area contributed by atoms with Gasteiger partial charge in [-0.05, 0) is 0 Å². The molecule has 5 nitrogen and oxygen atoms in total. The molecule has 74 valence electrons. The molecular weight excluding hydrogens is 204 g/mol. The number of hydrogen-bond donors (Lipinski definition) is 1. The van der Waals surface area contributed by atoms with Gasteiger partial charge in [0.15, 0.2) is 0 Å². The van der Waals surface area contributed by atoms with Crippen LogP contribution in [-0.4, -0.2) is 33.5 Å². The van der Waals surface area contributed by atoms with Crippen molar-refractivity contribution >= 4 is 23.3 Å². The topological polar surface area (TPSA) is 70.5 Å². The number of amides is 2. The van der Waals surface area contributed by atoms with Crippen molar-refractivity contribution in [3.8, 4) is 0 Å². The molecule has 0 radical (unpaired) electrons. The van der Waals surface area contributed by atoms with E-state index in [0.717, 1.165) is 9.91 Å². The maximum Gasteiger partial charge on any atom is 0.414 e. The summed E-state index contributed by atoms with van der Waals surface area (Å²) in [6.45, 7) is 0.299. The summed E-state index contributed by atoms with van der Waals surface area (Å²) in [4.78, 5) is 26.6. The number of carbonyl (C=O) groups excluding carboxylic acids is 1. The van der Waals surface area contributed by atoms with Crippen molar-refractivity contribution in [1.82, 2.24) is 9.88 Å². The second-order valence-electron chi connectivity index (χ2n) is 3.06. The molecule has 2 rings (SSSR count). The second-order valence-corrected chi connectivity index (χ2v) is 4.04. The fraction of sp³-hybridized carbons (Fsp3) is 0.375. The van der Waals surface area contributed by atoms with Crippen LogP contribution in [0.25, 0.3) is 0 Å². The van der Waals surface area contributed by atoms with Gasteiger partial charge in [0.25, 0.3) is 0 Å². The van der Waals surface area contributed by atoms with Crippen molar-refractivity contribution in [2.75, 3.05) is 6.54 Å². The predicted molar refractivity (Wildman–Crippen MR) is 49.0 cm³/mol. The number of nitrogens with zero attached hydrogens (tertiary/aromatic N) is 2. The lowest BCUT2D eigenvalue weighted by Gasteiger charge is -2.33. The minimum atomic E-state index is -1.16. The molecule has 1 atom stereocenters. The zero-order valence-electron chi connectivity index (χ0n) is 7.21. The van der Waals surface area contributed by atoms with E-state index in [0.29, 0.717) is 13.0 Å². The Morgan fingerprint density at radius 2 is 2.57 bits per heavy atom. The van der Waals surface area contributed by atoms with Crippen molar-refractivity contribution in [3.63, 3.8) is 0 Å². The number of thiazole rings is 1. The van der Waals surface area contributed by atoms with Crippen LogP contribution in [0.3, 0.4) is 0 Å². The Bertz CT molecular complexity index is 363. The molecule has 14 heavy (non-hydrogen) atoms. The zero-order chi connectivity index (χ0) is 10.1. The summed E-state index contributed by atoms with van der Waals surface area (Å²) in [7, 11) is 0. The van der Waals surface area contributed by atoms with Gasteiger partial charge in [0.05, 0.1) is 10.9 Å². The molecule has 1 aliphatic rings. The highest BCUT2D eigenvalue weighted by atomic mass is 32.1. The molecule has 1 fully saturated rings. The molecule has 1 N–H and O–H groups in total. The molecular formula is C8H8N2O3S. The Morgan fingerprint density at radius 3 is 3.07 bits per heavy atom. The van der Waals surface area contributed by atoms with Gasteiger partial charge in [0.2, 0.25) is 5.91 Å². The normalized spacial score (nSPS) is 20.7. The summed E-state index contributed by atoms with van der Waals surface area (Å²) < 4.78 is 0. The third-order valence-corrected chi connectivity index (χ3v) is 2.96. The first kappa shape index (κ1) is 9.14. The van der Waals surface area contributed by atoms with Gasteiger partial charge in [0, 0.05) is 24.5 Å². The second kappa shape index (κ2) is 3.38. The van der Waals surface area contributed by atoms with Crippen molar-refractivity contribution < 1.29 is 14.7 Å². The Labute approximate surface area is 84.0 Å². The summed E-state index contributed by atoms with van der Waals surface area (Å²) in [5.74, 6) is -0.509. The van der Waals surface area contributed by atoms with Crippen molar-refractivity contribution in [2.24, 2.45) is 5.92 Å². The van der Waals surface area contributed by atoms with E-state index in [2.05, 4.69) is 4.98 Å². The monoisotopic (exact) mass is 212 g/mol. The van der Waals surface area contributed by atoms with Crippen LogP contribution in [0.15, 0.2) is 11.6 Å². The van der Waals surface area contributed by atoms with E-state index in [1.807, 2.05) is 5.38 Å². The largest absolute Gasteiger partial charge is 0.465 e. The van der Waals surface area contributed by atoms with Gasteiger partial charge in [-0.3, -0.25) is 4.79 Å². The molecule has 0 spiro atoms. The van der Waals surface area contributed by atoms with Gasteiger partial charge >= 0.3 is 6.09 Å². The first-order valence-electron chi connectivity index (χ1n) is 4.11. The average Bonchev–Trinajstić information content (AvgIpc) is 2.62. The minimum Gasteiger partial charge on any atom is -0.465 e. The van der Waals surface area contributed by atoms with Gasteiger partial charge in [-0.1, -0.05) is 0 Å². The number of likely N-dealkylation sites (tertiary alicyclic amines) is 1. The van der Waals surface area contributed by atoms with Crippen LogP contribution in [0.2, 0.25) is 0 Å². The van der Waals surface area contributed by atoms with Crippen LogP contribution >= 0.6 is 11.3 Å². The lowest BCUT2D eigenvalue weighted by molar-refractivity contribution is -0.144. The average molecular weight is 212 g/mol. The minimum absolute atomic E-state index is 0.197. The molecule has 1 aliphatic heterocycles. The van der Waals surface area contributed by atoms with Crippen molar-refractivity contribution in [1.29, 1.82) is 0 Å². The number of imide groups is 1. The highest BCUT2D eigenvalue weighted by Gasteiger charge is 2.40. The maximum absolute atomic E-state index is 11.3. The van der Waals surface area contributed by atoms with E-state index >= 15 is 0 Å². The SMILES string of the molecule is O=C(O)N1C[C@@H](Cc2nccs2)C1=O. The summed E-state index contributed by atoms with van der Waals surface area (Å²) in [6.07, 6.45) is 1.07. The molecule has 0 saturated carbocycles. The van der Waals surface area contributed by atoms with E-state index in [1.165, 1.54) is 11.3 Å². The van der Waals surface area contributed by atoms with Crippen LogP contribution in [0.4, 0.5) is 4.79 Å². The van der Waals surface area contributed by atoms with Gasteiger partial charge in [0.1, 0.15) is 0 Å². The van der Waals surface area contributed by atoms with Crippen molar-refractivity contribution in [2.45, 2.75) is 6.42 Å². The van der Waals surface area contributed by atoms with Crippen LogP contribution < -0.4 is 0 Å². The lowest BCUT2D eigenvalue weighted by Crippen LogP contribution is -2.55. The van der Waals surface area contributed by atoms with E-state index in [4.69, 9.17) is 5.11 Å². The van der Waals surface area contributed by atoms with Gasteiger partial charge in [-0.15, -0.1) is 11.3 Å². The molecule has 2 heterocycles. The maximum atomic E-state index is 11.3. The molecule has 1 saturated heterocycles. The highest BCUT2D eigenvalue weighted by molar-refractivity contribution is 7.09. The smallest absolute Gasteiger partial charge is 0.414 e. The van der Waals surface area contributed by atoms with Crippen LogP contribution in [-0.2, 0) is 11.2 Å². The van der Waals surface area contributed by atoms with Gasteiger partial charge in [-0.2, -0.15) is 0 Å². The highest BCUT2D eigenvalue weighted by Crippen LogP contribution is 2.22. The molecule has 0 bridgehead atoms. The molecule has 2 amide bonds. The fourth-order valence-corrected chi connectivity index (χ4v) is 2.08. The third-order valence-electron chi connectivity index (χ3n) is 2.15. The molecule has 0 aliphatic carbocycles. The summed E-state index contributed by atoms with van der Waals surface area (Å²) >= 11 is 1.48. The van der Waals surface area contributed by atoms with Crippen molar-refractivity contribution in [3.05, 3.63) is 16.6 Å². The first-order valence-corrected chi connectivity index (χ1v) is 4.99. The number of carbonyl (C=O) groups is 2. The Balaban J connectivity index is 1.93. The summed E-state index contributed by atoms with van der Waals surface area (Å²) in [5, 5.41) is 11.3. The quantitative estimate of drug-likeness (QED) is 0.737. The molecule has 6 heteroatoms. The number of aromatic nitrogens is 1. The predicted octanol–water partition coefficient (Wildman–Crippen LogP) is 0.822. The number of rotatable bonds is 2. The Hall–Kier alpha value is -1.43. The number of hydrogen-bond acceptors (Lipinski definition) is 4. The number of carboxylic acid groups (broad SMARTS) is 1. The summed E-state index contributed by atoms with van der Waals surface area (Å²) in [5.41, 5.74) is 0. The third kappa shape index (κ3) is 1.48. The first-order chi connectivity index (χ1) is 6.68. The van der Waals surface area contributed by atoms with Gasteiger partial charge < -0.3 is 5.11 Å². The number of β-lactam (4-membered cyclic amide) rings is 1. The fourth-order valence-electron chi connectivity index (χ4n) is 1.39. The standard InChI is InChI=1S/C8H8N2O3S/c11-7-5(4-10(7)8(12)13)3-6-9-1-2-14-6/h1-2,5H,3-4H2,(H,12,13)/t5-/m1/s1. The molecule has 0 unspecified atom stereocenters. The van der Waals surface area contributed by atoms with Crippen LogP contribution in [0.1, 0.15) is 5.01 Å².